The minimum atomic E-state index is 0.515. The SMILES string of the molecule is C=CC(CN)C(C)CCCC. The maximum Gasteiger partial charge on any atom is -0.00117 e. The first-order valence-electron chi connectivity index (χ1n) is 4.58. The number of nitrogens with two attached hydrogens (primary N) is 1. The van der Waals surface area contributed by atoms with Crippen molar-refractivity contribution in [2.24, 2.45) is 17.6 Å². The average molecular weight is 155 g/mol. The molecule has 2 N–H and O–H groups in total. The van der Waals surface area contributed by atoms with Crippen LogP contribution in [-0.4, -0.2) is 6.54 Å². The van der Waals surface area contributed by atoms with Crippen LogP contribution in [0.25, 0.3) is 0 Å². The first kappa shape index (κ1) is 10.7. The second-order valence-electron chi connectivity index (χ2n) is 3.25. The molecule has 1 heteroatoms. The van der Waals surface area contributed by atoms with Crippen molar-refractivity contribution >= 4 is 0 Å². The normalized spacial score (nSPS) is 15.9. The maximum absolute atomic E-state index is 5.58. The van der Waals surface area contributed by atoms with Gasteiger partial charge < -0.3 is 5.73 Å². The molecule has 66 valence electrons. The smallest absolute Gasteiger partial charge is 0.00117 e. The van der Waals surface area contributed by atoms with Crippen LogP contribution < -0.4 is 5.73 Å². The summed E-state index contributed by atoms with van der Waals surface area (Å²) in [5.41, 5.74) is 5.58. The summed E-state index contributed by atoms with van der Waals surface area (Å²) in [7, 11) is 0. The van der Waals surface area contributed by atoms with Crippen molar-refractivity contribution in [3.8, 4) is 0 Å². The third kappa shape index (κ3) is 4.20. The van der Waals surface area contributed by atoms with Crippen molar-refractivity contribution in [1.29, 1.82) is 0 Å². The predicted molar refractivity (Wildman–Crippen MR) is 51.4 cm³/mol. The Labute approximate surface area is 70.7 Å². The fraction of sp³-hybridized carbons (Fsp3) is 0.800. The van der Waals surface area contributed by atoms with E-state index in [1.165, 1.54) is 19.3 Å². The highest BCUT2D eigenvalue weighted by Crippen LogP contribution is 2.17. The summed E-state index contributed by atoms with van der Waals surface area (Å²) in [4.78, 5) is 0. The Balaban J connectivity index is 3.59. The van der Waals surface area contributed by atoms with Gasteiger partial charge in [0.2, 0.25) is 0 Å². The Morgan fingerprint density at radius 3 is 2.55 bits per heavy atom. The van der Waals surface area contributed by atoms with Gasteiger partial charge in [-0.2, -0.15) is 0 Å². The highest BCUT2D eigenvalue weighted by Gasteiger charge is 2.10. The molecule has 0 bridgehead atoms. The first-order valence-corrected chi connectivity index (χ1v) is 4.58. The third-order valence-electron chi connectivity index (χ3n) is 2.32. The molecule has 1 nitrogen and oxygen atoms in total. The van der Waals surface area contributed by atoms with Gasteiger partial charge in [0.15, 0.2) is 0 Å². The van der Waals surface area contributed by atoms with Crippen LogP contribution in [-0.2, 0) is 0 Å². The van der Waals surface area contributed by atoms with Crippen LogP contribution in [0.15, 0.2) is 12.7 Å². The van der Waals surface area contributed by atoms with Crippen LogP contribution in [0.1, 0.15) is 33.1 Å². The van der Waals surface area contributed by atoms with E-state index in [1.807, 2.05) is 6.08 Å². The lowest BCUT2D eigenvalue weighted by molar-refractivity contribution is 0.396. The standard InChI is InChI=1S/C10H21N/c1-4-6-7-9(3)10(5-2)8-11/h5,9-10H,2,4,6-8,11H2,1,3H3. The average Bonchev–Trinajstić information content (AvgIpc) is 2.03. The number of rotatable bonds is 6. The fourth-order valence-corrected chi connectivity index (χ4v) is 1.30. The maximum atomic E-state index is 5.58. The van der Waals surface area contributed by atoms with Crippen LogP contribution >= 0.6 is 0 Å². The van der Waals surface area contributed by atoms with Gasteiger partial charge in [-0.3, -0.25) is 0 Å². The highest BCUT2D eigenvalue weighted by molar-refractivity contribution is 4.83. The Morgan fingerprint density at radius 2 is 2.18 bits per heavy atom. The summed E-state index contributed by atoms with van der Waals surface area (Å²) >= 11 is 0. The third-order valence-corrected chi connectivity index (χ3v) is 2.32. The predicted octanol–water partition coefficient (Wildman–Crippen LogP) is 2.57. The van der Waals surface area contributed by atoms with Crippen molar-refractivity contribution in [3.05, 3.63) is 12.7 Å². The zero-order chi connectivity index (χ0) is 8.69. The monoisotopic (exact) mass is 155 g/mol. The van der Waals surface area contributed by atoms with Gasteiger partial charge in [0.25, 0.3) is 0 Å². The molecule has 0 fully saturated rings. The van der Waals surface area contributed by atoms with Gasteiger partial charge in [0.05, 0.1) is 0 Å². The largest absolute Gasteiger partial charge is 0.330 e. The van der Waals surface area contributed by atoms with Crippen molar-refractivity contribution in [2.45, 2.75) is 33.1 Å². The van der Waals surface area contributed by atoms with Gasteiger partial charge in [-0.05, 0) is 18.4 Å². The van der Waals surface area contributed by atoms with E-state index in [-0.39, 0.29) is 0 Å². The van der Waals surface area contributed by atoms with Crippen molar-refractivity contribution in [2.75, 3.05) is 6.54 Å². The lowest BCUT2D eigenvalue weighted by atomic mass is 9.90. The molecule has 2 atom stereocenters. The van der Waals surface area contributed by atoms with Crippen molar-refractivity contribution in [1.82, 2.24) is 0 Å². The van der Waals surface area contributed by atoms with E-state index in [1.54, 1.807) is 0 Å². The molecule has 11 heavy (non-hydrogen) atoms. The number of hydrogen-bond acceptors (Lipinski definition) is 1. The van der Waals surface area contributed by atoms with Crippen LogP contribution in [0, 0.1) is 11.8 Å². The first-order chi connectivity index (χ1) is 5.26. The molecular formula is C10H21N. The van der Waals surface area contributed by atoms with Gasteiger partial charge in [-0.25, -0.2) is 0 Å². The van der Waals surface area contributed by atoms with E-state index in [9.17, 15) is 0 Å². The lowest BCUT2D eigenvalue weighted by Crippen LogP contribution is -2.19. The van der Waals surface area contributed by atoms with Crippen molar-refractivity contribution in [3.63, 3.8) is 0 Å². The molecule has 0 aromatic heterocycles. The van der Waals surface area contributed by atoms with Crippen molar-refractivity contribution < 1.29 is 0 Å². The van der Waals surface area contributed by atoms with Gasteiger partial charge >= 0.3 is 0 Å². The summed E-state index contributed by atoms with van der Waals surface area (Å²) in [6.45, 7) is 9.00. The minimum Gasteiger partial charge on any atom is -0.330 e. The molecule has 0 aliphatic carbocycles. The van der Waals surface area contributed by atoms with Crippen LogP contribution in [0.4, 0.5) is 0 Å². The Hall–Kier alpha value is -0.300. The summed E-state index contributed by atoms with van der Waals surface area (Å²) < 4.78 is 0. The minimum absolute atomic E-state index is 0.515. The van der Waals surface area contributed by atoms with E-state index in [0.29, 0.717) is 11.8 Å². The highest BCUT2D eigenvalue weighted by atomic mass is 14.5. The fourth-order valence-electron chi connectivity index (χ4n) is 1.30. The van der Waals surface area contributed by atoms with Gasteiger partial charge in [0, 0.05) is 0 Å². The number of hydrogen-bond donors (Lipinski definition) is 1. The molecule has 0 radical (unpaired) electrons. The molecule has 0 aliphatic rings. The quantitative estimate of drug-likeness (QED) is 0.586. The number of unbranched alkanes of at least 4 members (excludes halogenated alkanes) is 1. The van der Waals surface area contributed by atoms with E-state index < -0.39 is 0 Å². The zero-order valence-electron chi connectivity index (χ0n) is 7.84. The van der Waals surface area contributed by atoms with E-state index >= 15 is 0 Å². The zero-order valence-corrected chi connectivity index (χ0v) is 7.84. The molecule has 0 saturated carbocycles. The Morgan fingerprint density at radius 1 is 1.55 bits per heavy atom. The second kappa shape index (κ2) is 6.41. The molecule has 0 spiro atoms. The second-order valence-corrected chi connectivity index (χ2v) is 3.25. The van der Waals surface area contributed by atoms with Crippen LogP contribution in [0.3, 0.4) is 0 Å². The van der Waals surface area contributed by atoms with Gasteiger partial charge in [-0.1, -0.05) is 39.2 Å². The van der Waals surface area contributed by atoms with Crippen LogP contribution in [0.5, 0.6) is 0 Å². The summed E-state index contributed by atoms with van der Waals surface area (Å²) in [6.07, 6.45) is 5.86. The van der Waals surface area contributed by atoms with E-state index in [0.717, 1.165) is 6.54 Å². The van der Waals surface area contributed by atoms with E-state index in [4.69, 9.17) is 5.73 Å². The molecule has 0 aromatic carbocycles. The lowest BCUT2D eigenvalue weighted by Gasteiger charge is -2.18. The molecule has 0 amide bonds. The van der Waals surface area contributed by atoms with Gasteiger partial charge in [-0.15, -0.1) is 6.58 Å². The molecule has 0 aliphatic heterocycles. The molecular weight excluding hydrogens is 134 g/mol. The topological polar surface area (TPSA) is 26.0 Å². The molecule has 0 rings (SSSR count). The molecule has 0 saturated heterocycles. The summed E-state index contributed by atoms with van der Waals surface area (Å²) in [5.74, 6) is 1.22. The summed E-state index contributed by atoms with van der Waals surface area (Å²) in [5, 5.41) is 0. The van der Waals surface area contributed by atoms with Crippen LogP contribution in [0.2, 0.25) is 0 Å². The molecule has 0 aromatic rings. The Kier molecular flexibility index (Phi) is 6.24. The summed E-state index contributed by atoms with van der Waals surface area (Å²) in [6, 6.07) is 0. The molecule has 2 unspecified atom stereocenters. The Bertz CT molecular complexity index is 99.0. The van der Waals surface area contributed by atoms with Gasteiger partial charge in [0.1, 0.15) is 0 Å². The van der Waals surface area contributed by atoms with E-state index in [2.05, 4.69) is 20.4 Å². The molecule has 0 heterocycles.